The lowest BCUT2D eigenvalue weighted by molar-refractivity contribution is -0.121. The van der Waals surface area contributed by atoms with Crippen molar-refractivity contribution in [2.24, 2.45) is 5.92 Å². The minimum absolute atomic E-state index is 0.143. The van der Waals surface area contributed by atoms with Crippen LogP contribution in [0, 0.1) is 5.92 Å². The van der Waals surface area contributed by atoms with E-state index in [-0.39, 0.29) is 11.9 Å². The van der Waals surface area contributed by atoms with Crippen LogP contribution < -0.4 is 10.6 Å². The van der Waals surface area contributed by atoms with Crippen LogP contribution in [0.15, 0.2) is 17.5 Å². The van der Waals surface area contributed by atoms with E-state index < -0.39 is 0 Å². The molecule has 0 bridgehead atoms. The maximum atomic E-state index is 12.1. The first kappa shape index (κ1) is 16.5. The van der Waals surface area contributed by atoms with Crippen molar-refractivity contribution in [2.45, 2.75) is 64.5 Å². The zero-order valence-corrected chi connectivity index (χ0v) is 14.0. The molecule has 118 valence electrons. The molecule has 1 aromatic rings. The van der Waals surface area contributed by atoms with Crippen LogP contribution in [0.5, 0.6) is 0 Å². The smallest absolute Gasteiger partial charge is 0.234 e. The van der Waals surface area contributed by atoms with Crippen molar-refractivity contribution >= 4 is 17.2 Å². The fourth-order valence-electron chi connectivity index (χ4n) is 3.04. The molecule has 1 aliphatic rings. The molecule has 1 amide bonds. The van der Waals surface area contributed by atoms with E-state index in [0.29, 0.717) is 18.5 Å². The first-order valence-corrected chi connectivity index (χ1v) is 9.11. The lowest BCUT2D eigenvalue weighted by Gasteiger charge is -2.22. The highest BCUT2D eigenvalue weighted by Gasteiger charge is 2.19. The second-order valence-corrected chi connectivity index (χ2v) is 7.35. The van der Waals surface area contributed by atoms with Crippen LogP contribution in [0.25, 0.3) is 0 Å². The highest BCUT2D eigenvalue weighted by molar-refractivity contribution is 7.10. The van der Waals surface area contributed by atoms with Gasteiger partial charge in [-0.05, 0) is 30.2 Å². The number of thiophene rings is 1. The molecule has 1 heterocycles. The number of nitrogens with one attached hydrogen (secondary N) is 2. The van der Waals surface area contributed by atoms with Gasteiger partial charge < -0.3 is 10.6 Å². The summed E-state index contributed by atoms with van der Waals surface area (Å²) in [4.78, 5) is 13.5. The number of carbonyl (C=O) groups excluding carboxylic acids is 1. The van der Waals surface area contributed by atoms with Gasteiger partial charge in [0.15, 0.2) is 0 Å². The van der Waals surface area contributed by atoms with E-state index in [0.717, 1.165) is 12.8 Å². The topological polar surface area (TPSA) is 41.1 Å². The van der Waals surface area contributed by atoms with Crippen LogP contribution in [-0.4, -0.2) is 18.5 Å². The van der Waals surface area contributed by atoms with Crippen molar-refractivity contribution in [1.29, 1.82) is 0 Å². The van der Waals surface area contributed by atoms with Gasteiger partial charge in [-0.1, -0.05) is 45.6 Å². The number of carbonyl (C=O) groups is 1. The lowest BCUT2D eigenvalue weighted by atomic mass is 10.0. The third kappa shape index (κ3) is 5.44. The Hall–Kier alpha value is -0.870. The highest BCUT2D eigenvalue weighted by atomic mass is 32.1. The molecule has 1 atom stereocenters. The Morgan fingerprint density at radius 3 is 2.57 bits per heavy atom. The van der Waals surface area contributed by atoms with Gasteiger partial charge in [0.05, 0.1) is 6.54 Å². The summed E-state index contributed by atoms with van der Waals surface area (Å²) >= 11 is 1.76. The van der Waals surface area contributed by atoms with Gasteiger partial charge >= 0.3 is 0 Å². The normalized spacial score (nSPS) is 18.4. The first-order valence-electron chi connectivity index (χ1n) is 8.23. The van der Waals surface area contributed by atoms with Gasteiger partial charge in [0.2, 0.25) is 5.91 Å². The predicted molar refractivity (Wildman–Crippen MR) is 89.5 cm³/mol. The number of rotatable bonds is 6. The largest absolute Gasteiger partial charge is 0.352 e. The molecule has 1 saturated carbocycles. The van der Waals surface area contributed by atoms with E-state index in [1.807, 2.05) is 0 Å². The lowest BCUT2D eigenvalue weighted by Crippen LogP contribution is -2.41. The minimum Gasteiger partial charge on any atom is -0.352 e. The Bertz CT molecular complexity index is 408. The summed E-state index contributed by atoms with van der Waals surface area (Å²) < 4.78 is 0. The van der Waals surface area contributed by atoms with Crippen LogP contribution in [0.4, 0.5) is 0 Å². The first-order chi connectivity index (χ1) is 10.2. The average Bonchev–Trinajstić information content (AvgIpc) is 2.84. The summed E-state index contributed by atoms with van der Waals surface area (Å²) in [6.07, 6.45) is 7.43. The summed E-state index contributed by atoms with van der Waals surface area (Å²) in [6, 6.07) is 4.87. The van der Waals surface area contributed by atoms with Gasteiger partial charge in [0.1, 0.15) is 0 Å². The maximum absolute atomic E-state index is 12.1. The molecule has 2 N–H and O–H groups in total. The molecule has 1 fully saturated rings. The Balaban J connectivity index is 1.79. The molecule has 0 spiro atoms. The van der Waals surface area contributed by atoms with Crippen LogP contribution in [0.3, 0.4) is 0 Å². The zero-order valence-electron chi connectivity index (χ0n) is 13.2. The van der Waals surface area contributed by atoms with Crippen LogP contribution in [0.2, 0.25) is 0 Å². The number of hydrogen-bond donors (Lipinski definition) is 2. The summed E-state index contributed by atoms with van der Waals surface area (Å²) in [7, 11) is 0. The van der Waals surface area contributed by atoms with E-state index in [2.05, 4.69) is 42.0 Å². The molecule has 1 unspecified atom stereocenters. The van der Waals surface area contributed by atoms with Crippen molar-refractivity contribution in [3.8, 4) is 0 Å². The third-order valence-corrected chi connectivity index (χ3v) is 5.17. The molecular formula is C17H28N2OS. The SMILES string of the molecule is CC(C)C(NCC(=O)NC1CCCCCC1)c1cccs1. The van der Waals surface area contributed by atoms with Gasteiger partial charge in [0, 0.05) is 17.0 Å². The molecular weight excluding hydrogens is 280 g/mol. The third-order valence-electron chi connectivity index (χ3n) is 4.22. The average molecular weight is 308 g/mol. The van der Waals surface area contributed by atoms with E-state index in [1.54, 1.807) is 11.3 Å². The Kier molecular flexibility index (Phi) is 6.71. The van der Waals surface area contributed by atoms with Gasteiger partial charge in [-0.15, -0.1) is 11.3 Å². The minimum atomic E-state index is 0.143. The highest BCUT2D eigenvalue weighted by Crippen LogP contribution is 2.25. The molecule has 1 aliphatic carbocycles. The summed E-state index contributed by atoms with van der Waals surface area (Å²) in [6.45, 7) is 4.80. The quantitative estimate of drug-likeness (QED) is 0.783. The van der Waals surface area contributed by atoms with Crippen LogP contribution >= 0.6 is 11.3 Å². The Morgan fingerprint density at radius 1 is 1.29 bits per heavy atom. The predicted octanol–water partition coefficient (Wildman–Crippen LogP) is 3.87. The fraction of sp³-hybridized carbons (Fsp3) is 0.706. The van der Waals surface area contributed by atoms with Crippen molar-refractivity contribution in [3.05, 3.63) is 22.4 Å². The van der Waals surface area contributed by atoms with E-state index >= 15 is 0 Å². The number of hydrogen-bond acceptors (Lipinski definition) is 3. The summed E-state index contributed by atoms with van der Waals surface area (Å²) in [5, 5.41) is 8.72. The molecule has 2 rings (SSSR count). The molecule has 1 aromatic heterocycles. The van der Waals surface area contributed by atoms with Gasteiger partial charge in [-0.2, -0.15) is 0 Å². The zero-order chi connectivity index (χ0) is 15.1. The molecule has 21 heavy (non-hydrogen) atoms. The Labute approximate surface area is 132 Å². The second-order valence-electron chi connectivity index (χ2n) is 6.37. The molecule has 0 saturated heterocycles. The molecule has 3 nitrogen and oxygen atoms in total. The fourth-order valence-corrected chi connectivity index (χ4v) is 4.01. The van der Waals surface area contributed by atoms with Crippen molar-refractivity contribution in [2.75, 3.05) is 6.54 Å². The molecule has 4 heteroatoms. The summed E-state index contributed by atoms with van der Waals surface area (Å²) in [5.41, 5.74) is 0. The van der Waals surface area contributed by atoms with Crippen molar-refractivity contribution in [3.63, 3.8) is 0 Å². The standard InChI is InChI=1S/C17H28N2OS/c1-13(2)17(15-10-7-11-21-15)18-12-16(20)19-14-8-5-3-4-6-9-14/h7,10-11,13-14,17-18H,3-6,8-9,12H2,1-2H3,(H,19,20). The van der Waals surface area contributed by atoms with E-state index in [9.17, 15) is 4.79 Å². The van der Waals surface area contributed by atoms with Gasteiger partial charge in [-0.25, -0.2) is 0 Å². The monoisotopic (exact) mass is 308 g/mol. The number of amides is 1. The van der Waals surface area contributed by atoms with Crippen molar-refractivity contribution in [1.82, 2.24) is 10.6 Å². The summed E-state index contributed by atoms with van der Waals surface area (Å²) in [5.74, 6) is 0.624. The van der Waals surface area contributed by atoms with E-state index in [4.69, 9.17) is 0 Å². The second kappa shape index (κ2) is 8.54. The van der Waals surface area contributed by atoms with Gasteiger partial charge in [-0.3, -0.25) is 4.79 Å². The molecule has 0 radical (unpaired) electrons. The maximum Gasteiger partial charge on any atom is 0.234 e. The van der Waals surface area contributed by atoms with E-state index in [1.165, 1.54) is 30.6 Å². The molecule has 0 aliphatic heterocycles. The van der Waals surface area contributed by atoms with Crippen molar-refractivity contribution < 1.29 is 4.79 Å². The van der Waals surface area contributed by atoms with Crippen LogP contribution in [-0.2, 0) is 4.79 Å². The Morgan fingerprint density at radius 2 is 2.00 bits per heavy atom. The molecule has 0 aromatic carbocycles. The van der Waals surface area contributed by atoms with Crippen LogP contribution in [0.1, 0.15) is 63.3 Å². The van der Waals surface area contributed by atoms with Gasteiger partial charge in [0.25, 0.3) is 0 Å².